The van der Waals surface area contributed by atoms with Crippen molar-refractivity contribution in [1.82, 2.24) is 0 Å². The second kappa shape index (κ2) is 3.83. The van der Waals surface area contributed by atoms with Gasteiger partial charge in [0.1, 0.15) is 0 Å². The van der Waals surface area contributed by atoms with E-state index in [1.807, 2.05) is 0 Å². The smallest absolute Gasteiger partial charge is 0.0700 e. The van der Waals surface area contributed by atoms with E-state index in [1.165, 1.54) is 0 Å². The topological polar surface area (TPSA) is 72.3 Å². The molecule has 8 heavy (non-hydrogen) atoms. The second-order valence-electron chi connectivity index (χ2n) is 2.00. The summed E-state index contributed by atoms with van der Waals surface area (Å²) >= 11 is 0. The molecule has 0 aromatic heterocycles. The van der Waals surface area contributed by atoms with E-state index in [0.717, 1.165) is 0 Å². The molecular formula is C5H14N2O. The molecule has 50 valence electrons. The maximum Gasteiger partial charge on any atom is 0.0700 e. The number of aliphatic hydroxyl groups is 1. The van der Waals surface area contributed by atoms with Crippen molar-refractivity contribution in [2.24, 2.45) is 11.5 Å². The largest absolute Gasteiger partial charge is 0.391 e. The maximum atomic E-state index is 8.92. The van der Waals surface area contributed by atoms with Gasteiger partial charge in [-0.15, -0.1) is 0 Å². The molecule has 0 aromatic carbocycles. The highest BCUT2D eigenvalue weighted by molar-refractivity contribution is 4.65. The molecule has 0 aliphatic carbocycles. The summed E-state index contributed by atoms with van der Waals surface area (Å²) in [6, 6.07) is -0.154. The van der Waals surface area contributed by atoms with Gasteiger partial charge in [0.05, 0.1) is 6.10 Å². The van der Waals surface area contributed by atoms with Crippen LogP contribution < -0.4 is 11.5 Å². The van der Waals surface area contributed by atoms with E-state index in [-0.39, 0.29) is 6.04 Å². The molecule has 2 atom stereocenters. The summed E-state index contributed by atoms with van der Waals surface area (Å²) in [5.74, 6) is 0. The Morgan fingerprint density at radius 2 is 2.12 bits per heavy atom. The van der Waals surface area contributed by atoms with Crippen molar-refractivity contribution >= 4 is 0 Å². The van der Waals surface area contributed by atoms with Gasteiger partial charge in [0.2, 0.25) is 0 Å². The fraction of sp³-hybridized carbons (Fsp3) is 1.00. The molecule has 0 aliphatic rings. The summed E-state index contributed by atoms with van der Waals surface area (Å²) < 4.78 is 0. The van der Waals surface area contributed by atoms with Crippen LogP contribution in [0.25, 0.3) is 0 Å². The van der Waals surface area contributed by atoms with Gasteiger partial charge in [0.15, 0.2) is 0 Å². The molecule has 0 aliphatic heterocycles. The Bertz CT molecular complexity index is 56.4. The van der Waals surface area contributed by atoms with Crippen LogP contribution in [0.3, 0.4) is 0 Å². The van der Waals surface area contributed by atoms with Gasteiger partial charge in [-0.1, -0.05) is 0 Å². The summed E-state index contributed by atoms with van der Waals surface area (Å²) in [5, 5.41) is 8.92. The average Bonchev–Trinajstić information content (AvgIpc) is 1.67. The van der Waals surface area contributed by atoms with Gasteiger partial charge in [-0.2, -0.15) is 0 Å². The normalized spacial score (nSPS) is 18.0. The summed E-state index contributed by atoms with van der Waals surface area (Å²) in [7, 11) is 0. The highest BCUT2D eigenvalue weighted by Gasteiger charge is 2.06. The number of nitrogens with two attached hydrogens (primary N) is 2. The van der Waals surface area contributed by atoms with Crippen molar-refractivity contribution in [3.05, 3.63) is 0 Å². The van der Waals surface area contributed by atoms with Gasteiger partial charge < -0.3 is 16.6 Å². The monoisotopic (exact) mass is 118 g/mol. The predicted octanol–water partition coefficient (Wildman–Crippen LogP) is -0.957. The predicted molar refractivity (Wildman–Crippen MR) is 33.3 cm³/mol. The third kappa shape index (κ3) is 2.96. The third-order valence-corrected chi connectivity index (χ3v) is 1.07. The Balaban J connectivity index is 3.17. The minimum absolute atomic E-state index is 0.154. The van der Waals surface area contributed by atoms with Crippen LogP contribution in [0.2, 0.25) is 0 Å². The van der Waals surface area contributed by atoms with E-state index in [2.05, 4.69) is 0 Å². The first-order valence-corrected chi connectivity index (χ1v) is 2.82. The molecule has 5 N–H and O–H groups in total. The Morgan fingerprint density at radius 1 is 1.62 bits per heavy atom. The van der Waals surface area contributed by atoms with Gasteiger partial charge >= 0.3 is 0 Å². The van der Waals surface area contributed by atoms with Gasteiger partial charge in [0.25, 0.3) is 0 Å². The van der Waals surface area contributed by atoms with Crippen LogP contribution >= 0.6 is 0 Å². The van der Waals surface area contributed by atoms with E-state index >= 15 is 0 Å². The van der Waals surface area contributed by atoms with Crippen molar-refractivity contribution in [3.63, 3.8) is 0 Å². The molecule has 0 saturated carbocycles. The molecule has 0 heterocycles. The zero-order valence-electron chi connectivity index (χ0n) is 5.17. The maximum absolute atomic E-state index is 8.92. The van der Waals surface area contributed by atoms with Crippen LogP contribution in [0.1, 0.15) is 13.3 Å². The summed E-state index contributed by atoms with van der Waals surface area (Å²) in [6.45, 7) is 2.27. The van der Waals surface area contributed by atoms with Gasteiger partial charge in [0, 0.05) is 6.04 Å². The van der Waals surface area contributed by atoms with Gasteiger partial charge in [-0.25, -0.2) is 0 Å². The van der Waals surface area contributed by atoms with Crippen LogP contribution in [-0.2, 0) is 0 Å². The molecule has 3 heteroatoms. The Hall–Kier alpha value is -0.120. The van der Waals surface area contributed by atoms with Crippen LogP contribution in [0.15, 0.2) is 0 Å². The second-order valence-corrected chi connectivity index (χ2v) is 2.00. The molecular weight excluding hydrogens is 104 g/mol. The molecule has 0 rings (SSSR count). The molecule has 0 spiro atoms. The number of hydrogen-bond donors (Lipinski definition) is 3. The highest BCUT2D eigenvalue weighted by Crippen LogP contribution is 1.91. The molecule has 3 nitrogen and oxygen atoms in total. The lowest BCUT2D eigenvalue weighted by atomic mass is 10.1. The zero-order valence-corrected chi connectivity index (χ0v) is 5.17. The molecule has 0 radical (unpaired) electrons. The third-order valence-electron chi connectivity index (χ3n) is 1.07. The first-order chi connectivity index (χ1) is 3.68. The Kier molecular flexibility index (Phi) is 3.77. The van der Waals surface area contributed by atoms with E-state index in [0.29, 0.717) is 13.0 Å². The molecule has 0 bridgehead atoms. The minimum Gasteiger partial charge on any atom is -0.391 e. The minimum atomic E-state index is -0.431. The number of aliphatic hydroxyl groups excluding tert-OH is 1. The van der Waals surface area contributed by atoms with E-state index < -0.39 is 6.10 Å². The fourth-order valence-corrected chi connectivity index (χ4v) is 0.434. The van der Waals surface area contributed by atoms with Crippen molar-refractivity contribution in [2.45, 2.75) is 25.5 Å². The van der Waals surface area contributed by atoms with E-state index in [4.69, 9.17) is 16.6 Å². The van der Waals surface area contributed by atoms with Crippen molar-refractivity contribution in [2.75, 3.05) is 6.54 Å². The first kappa shape index (κ1) is 7.88. The summed E-state index contributed by atoms with van der Waals surface area (Å²) in [6.07, 6.45) is 0.164. The molecule has 0 aromatic rings. The van der Waals surface area contributed by atoms with Crippen LogP contribution in [0, 0.1) is 0 Å². The molecule has 0 amide bonds. The van der Waals surface area contributed by atoms with Crippen molar-refractivity contribution < 1.29 is 5.11 Å². The number of rotatable bonds is 3. The Morgan fingerprint density at radius 3 is 2.25 bits per heavy atom. The summed E-state index contributed by atoms with van der Waals surface area (Å²) in [4.78, 5) is 0. The SMILES string of the molecule is CC(N)[C@H](O)CCN. The summed E-state index contributed by atoms with van der Waals surface area (Å²) in [5.41, 5.74) is 10.5. The lowest BCUT2D eigenvalue weighted by Gasteiger charge is -2.11. The van der Waals surface area contributed by atoms with Crippen LogP contribution in [-0.4, -0.2) is 23.8 Å². The molecule has 1 unspecified atom stereocenters. The zero-order chi connectivity index (χ0) is 6.57. The van der Waals surface area contributed by atoms with Gasteiger partial charge in [-0.3, -0.25) is 0 Å². The van der Waals surface area contributed by atoms with Crippen LogP contribution in [0.4, 0.5) is 0 Å². The molecule has 0 fully saturated rings. The first-order valence-electron chi connectivity index (χ1n) is 2.82. The lowest BCUT2D eigenvalue weighted by Crippen LogP contribution is -2.32. The molecule has 0 saturated heterocycles. The van der Waals surface area contributed by atoms with E-state index in [9.17, 15) is 0 Å². The number of hydrogen-bond acceptors (Lipinski definition) is 3. The highest BCUT2D eigenvalue weighted by atomic mass is 16.3. The van der Waals surface area contributed by atoms with E-state index in [1.54, 1.807) is 6.92 Å². The van der Waals surface area contributed by atoms with Crippen molar-refractivity contribution in [1.29, 1.82) is 0 Å². The lowest BCUT2D eigenvalue weighted by molar-refractivity contribution is 0.144. The van der Waals surface area contributed by atoms with Gasteiger partial charge in [-0.05, 0) is 19.9 Å². The average molecular weight is 118 g/mol. The Labute approximate surface area is 49.7 Å². The standard InChI is InChI=1S/C5H14N2O/c1-4(7)5(8)2-3-6/h4-5,8H,2-3,6-7H2,1H3/t4?,5-/m1/s1. The fourth-order valence-electron chi connectivity index (χ4n) is 0.434. The quantitative estimate of drug-likeness (QED) is 0.447. The van der Waals surface area contributed by atoms with Crippen LogP contribution in [0.5, 0.6) is 0 Å². The van der Waals surface area contributed by atoms with Crippen molar-refractivity contribution in [3.8, 4) is 0 Å².